The number of alkyl halides is 3. The molecule has 0 aliphatic rings. The maximum absolute atomic E-state index is 13.4. The Morgan fingerprint density at radius 2 is 1.88 bits per heavy atom. The molecule has 0 aliphatic carbocycles. The van der Waals surface area contributed by atoms with Gasteiger partial charge in [-0.3, -0.25) is 4.79 Å². The van der Waals surface area contributed by atoms with Crippen LogP contribution in [0.4, 0.5) is 35.0 Å². The first-order valence-corrected chi connectivity index (χ1v) is 10.0. The van der Waals surface area contributed by atoms with Crippen LogP contribution in [0.5, 0.6) is 0 Å². The Labute approximate surface area is 194 Å². The minimum Gasteiger partial charge on any atom is -0.383 e. The van der Waals surface area contributed by atoms with Gasteiger partial charge in [0.15, 0.2) is 11.5 Å². The van der Waals surface area contributed by atoms with Crippen molar-refractivity contribution in [3.05, 3.63) is 59.3 Å². The van der Waals surface area contributed by atoms with Gasteiger partial charge in [0.05, 0.1) is 22.5 Å². The van der Waals surface area contributed by atoms with Crippen LogP contribution >= 0.6 is 11.6 Å². The van der Waals surface area contributed by atoms with E-state index in [-0.39, 0.29) is 17.4 Å². The maximum atomic E-state index is 13.4. The van der Waals surface area contributed by atoms with Crippen LogP contribution in [0.25, 0.3) is 16.9 Å². The van der Waals surface area contributed by atoms with Gasteiger partial charge in [0, 0.05) is 18.7 Å². The highest BCUT2D eigenvalue weighted by Crippen LogP contribution is 2.29. The van der Waals surface area contributed by atoms with Crippen molar-refractivity contribution in [2.45, 2.75) is 6.18 Å². The third-order valence-corrected chi connectivity index (χ3v) is 4.93. The summed E-state index contributed by atoms with van der Waals surface area (Å²) in [6, 6.07) is 6.12. The van der Waals surface area contributed by atoms with Crippen molar-refractivity contribution in [3.8, 4) is 11.3 Å². The van der Waals surface area contributed by atoms with Crippen LogP contribution < -0.4 is 16.4 Å². The molecule has 4 rings (SSSR count). The molecule has 4 aromatic rings. The summed E-state index contributed by atoms with van der Waals surface area (Å²) in [5, 5.41) is 10.2. The minimum atomic E-state index is -5.04. The van der Waals surface area contributed by atoms with E-state index in [9.17, 15) is 22.4 Å². The number of Topliss-reactive ketones (excluding diaryl/α,β-unsaturated/α-hetero) is 1. The Morgan fingerprint density at radius 1 is 1.12 bits per heavy atom. The molecule has 0 amide bonds. The first kappa shape index (κ1) is 23.2. The Morgan fingerprint density at radius 3 is 2.59 bits per heavy atom. The van der Waals surface area contributed by atoms with Gasteiger partial charge in [0.25, 0.3) is 5.78 Å². The van der Waals surface area contributed by atoms with Crippen LogP contribution in [0.2, 0.25) is 5.02 Å². The third kappa shape index (κ3) is 4.83. The standard InChI is InChI=1S/C20H15ClF4N8O/c21-13-7-10(22)1-2-11(13)14-8-33-19(29-9-30-33)18(31-14)28-6-5-27-15-4-3-12(17(26)32-15)16(34)20(23,24)25/h1-4,7-9H,5-6H2,(H,28,31)(H3,26,27,32). The zero-order valence-electron chi connectivity index (χ0n) is 17.1. The van der Waals surface area contributed by atoms with Gasteiger partial charge < -0.3 is 16.4 Å². The smallest absolute Gasteiger partial charge is 0.383 e. The van der Waals surface area contributed by atoms with Crippen LogP contribution in [-0.4, -0.2) is 49.6 Å². The Bertz CT molecular complexity index is 1370. The lowest BCUT2D eigenvalue weighted by Gasteiger charge is -2.12. The number of nitrogens with zero attached hydrogens (tertiary/aromatic N) is 5. The lowest BCUT2D eigenvalue weighted by Crippen LogP contribution is -2.24. The Hall–Kier alpha value is -4.00. The van der Waals surface area contributed by atoms with Crippen LogP contribution in [0.1, 0.15) is 10.4 Å². The molecular formula is C20H15ClF4N8O. The summed E-state index contributed by atoms with van der Waals surface area (Å²) in [4.78, 5) is 23.8. The summed E-state index contributed by atoms with van der Waals surface area (Å²) in [7, 11) is 0. The summed E-state index contributed by atoms with van der Waals surface area (Å²) in [5.41, 5.74) is 6.15. The number of carbonyl (C=O) groups excluding carboxylic acids is 1. The van der Waals surface area contributed by atoms with Crippen molar-refractivity contribution in [1.29, 1.82) is 0 Å². The lowest BCUT2D eigenvalue weighted by atomic mass is 10.1. The number of hydrogen-bond donors (Lipinski definition) is 3. The van der Waals surface area contributed by atoms with Gasteiger partial charge >= 0.3 is 6.18 Å². The molecule has 3 aromatic heterocycles. The summed E-state index contributed by atoms with van der Waals surface area (Å²) < 4.78 is 52.7. The molecule has 0 saturated carbocycles. The number of ketones is 1. The van der Waals surface area contributed by atoms with E-state index in [1.54, 1.807) is 6.20 Å². The average Bonchev–Trinajstić information content (AvgIpc) is 3.24. The summed E-state index contributed by atoms with van der Waals surface area (Å²) in [5.74, 6) is -2.52. The number of anilines is 3. The van der Waals surface area contributed by atoms with Crippen molar-refractivity contribution >= 4 is 40.5 Å². The predicted octanol–water partition coefficient (Wildman–Crippen LogP) is 3.83. The zero-order chi connectivity index (χ0) is 24.5. The fourth-order valence-corrected chi connectivity index (χ4v) is 3.33. The second kappa shape index (κ2) is 9.09. The maximum Gasteiger partial charge on any atom is 0.455 e. The highest BCUT2D eigenvalue weighted by molar-refractivity contribution is 6.33. The molecule has 0 atom stereocenters. The molecule has 4 N–H and O–H groups in total. The fourth-order valence-electron chi connectivity index (χ4n) is 3.06. The quantitative estimate of drug-likeness (QED) is 0.201. The van der Waals surface area contributed by atoms with Crippen molar-refractivity contribution in [3.63, 3.8) is 0 Å². The van der Waals surface area contributed by atoms with E-state index in [1.165, 1.54) is 35.1 Å². The van der Waals surface area contributed by atoms with Crippen LogP contribution in [0, 0.1) is 5.82 Å². The molecule has 0 radical (unpaired) electrons. The highest BCUT2D eigenvalue weighted by atomic mass is 35.5. The van der Waals surface area contributed by atoms with Crippen molar-refractivity contribution in [1.82, 2.24) is 24.6 Å². The number of nitrogens with one attached hydrogen (secondary N) is 2. The first-order valence-electron chi connectivity index (χ1n) is 9.65. The number of pyridine rings is 1. The van der Waals surface area contributed by atoms with Gasteiger partial charge in [0.2, 0.25) is 0 Å². The van der Waals surface area contributed by atoms with Gasteiger partial charge in [-0.2, -0.15) is 18.3 Å². The molecule has 34 heavy (non-hydrogen) atoms. The number of rotatable bonds is 7. The second-order valence-electron chi connectivity index (χ2n) is 6.94. The number of fused-ring (bicyclic) bond motifs is 1. The molecule has 14 heteroatoms. The van der Waals surface area contributed by atoms with Crippen LogP contribution in [0.15, 0.2) is 42.9 Å². The van der Waals surface area contributed by atoms with E-state index in [1.807, 2.05) is 0 Å². The molecule has 1 aromatic carbocycles. The van der Waals surface area contributed by atoms with E-state index >= 15 is 0 Å². The van der Waals surface area contributed by atoms with E-state index < -0.39 is 29.2 Å². The van der Waals surface area contributed by atoms with E-state index in [0.717, 1.165) is 6.07 Å². The number of benzene rings is 1. The molecular weight excluding hydrogens is 480 g/mol. The topological polar surface area (TPSA) is 123 Å². The number of halogens is 5. The normalized spacial score (nSPS) is 11.6. The van der Waals surface area contributed by atoms with Crippen LogP contribution in [-0.2, 0) is 0 Å². The number of hydrogen-bond acceptors (Lipinski definition) is 8. The van der Waals surface area contributed by atoms with Crippen LogP contribution in [0.3, 0.4) is 0 Å². The molecule has 0 spiro atoms. The van der Waals surface area contributed by atoms with Gasteiger partial charge in [-0.25, -0.2) is 23.9 Å². The minimum absolute atomic E-state index is 0.177. The predicted molar refractivity (Wildman–Crippen MR) is 117 cm³/mol. The lowest BCUT2D eigenvalue weighted by molar-refractivity contribution is -0.0884. The van der Waals surface area contributed by atoms with Gasteiger partial charge in [-0.15, -0.1) is 0 Å². The Balaban J connectivity index is 1.46. The average molecular weight is 495 g/mol. The molecule has 0 saturated heterocycles. The molecule has 0 unspecified atom stereocenters. The molecule has 176 valence electrons. The highest BCUT2D eigenvalue weighted by Gasteiger charge is 2.40. The zero-order valence-corrected chi connectivity index (χ0v) is 17.8. The molecule has 0 fully saturated rings. The molecule has 9 nitrogen and oxygen atoms in total. The van der Waals surface area contributed by atoms with E-state index in [4.69, 9.17) is 17.3 Å². The van der Waals surface area contributed by atoms with Gasteiger partial charge in [-0.1, -0.05) is 11.6 Å². The van der Waals surface area contributed by atoms with E-state index in [0.29, 0.717) is 29.3 Å². The van der Waals surface area contributed by atoms with Gasteiger partial charge in [0.1, 0.15) is 23.8 Å². The Kier molecular flexibility index (Phi) is 6.20. The third-order valence-electron chi connectivity index (χ3n) is 4.62. The first-order chi connectivity index (χ1) is 16.1. The van der Waals surface area contributed by atoms with E-state index in [2.05, 4.69) is 30.7 Å². The van der Waals surface area contributed by atoms with Crippen molar-refractivity contribution < 1.29 is 22.4 Å². The largest absolute Gasteiger partial charge is 0.455 e. The summed E-state index contributed by atoms with van der Waals surface area (Å²) >= 11 is 6.15. The summed E-state index contributed by atoms with van der Waals surface area (Å²) in [6.45, 7) is 0.559. The van der Waals surface area contributed by atoms with Gasteiger partial charge in [-0.05, 0) is 30.3 Å². The van der Waals surface area contributed by atoms with Crippen molar-refractivity contribution in [2.24, 2.45) is 0 Å². The SMILES string of the molecule is Nc1nc(NCCNc2nc(-c3ccc(F)cc3Cl)cn3ncnc23)ccc1C(=O)C(F)(F)F. The number of aromatic nitrogens is 5. The number of nitrogen functional groups attached to an aromatic ring is 1. The molecule has 0 bridgehead atoms. The number of carbonyl (C=O) groups is 1. The van der Waals surface area contributed by atoms with Crippen molar-refractivity contribution in [2.75, 3.05) is 29.5 Å². The fraction of sp³-hybridized carbons (Fsp3) is 0.150. The summed E-state index contributed by atoms with van der Waals surface area (Å²) in [6.07, 6.45) is -2.10. The monoisotopic (exact) mass is 494 g/mol. The molecule has 0 aliphatic heterocycles. The number of nitrogens with two attached hydrogens (primary N) is 1. The molecule has 3 heterocycles. The second-order valence-corrected chi connectivity index (χ2v) is 7.34.